The molecule has 28 heavy (non-hydrogen) atoms. The number of aromatic nitrogens is 4. The lowest BCUT2D eigenvalue weighted by Crippen LogP contribution is -2.10. The molecule has 0 radical (unpaired) electrons. The highest BCUT2D eigenvalue weighted by Gasteiger charge is 2.17. The number of ether oxygens (including phenoxy) is 2. The standard InChI is InChI=1S/C21H22N4O2S/c1-21(2,3)15-9-6-13(7-10-15)19-24-25-18(22-23-20(25)28-19)14-8-11-16(26-4)17(12-14)27-5/h6-12H,1-5H3. The van der Waals surface area contributed by atoms with Gasteiger partial charge in [0.1, 0.15) is 5.01 Å². The number of hydrogen-bond acceptors (Lipinski definition) is 6. The molecule has 6 nitrogen and oxygen atoms in total. The van der Waals surface area contributed by atoms with Crippen LogP contribution in [0.2, 0.25) is 0 Å². The van der Waals surface area contributed by atoms with Gasteiger partial charge in [0.15, 0.2) is 17.3 Å². The van der Waals surface area contributed by atoms with Gasteiger partial charge in [-0.15, -0.1) is 10.2 Å². The Morgan fingerprint density at radius 2 is 1.54 bits per heavy atom. The van der Waals surface area contributed by atoms with Gasteiger partial charge in [-0.25, -0.2) is 0 Å². The fraction of sp³-hybridized carbons (Fsp3) is 0.286. The molecule has 0 N–H and O–H groups in total. The summed E-state index contributed by atoms with van der Waals surface area (Å²) < 4.78 is 12.5. The molecule has 4 rings (SSSR count). The second-order valence-corrected chi connectivity index (χ2v) is 8.48. The molecule has 0 spiro atoms. The van der Waals surface area contributed by atoms with E-state index in [0.717, 1.165) is 21.1 Å². The Balaban J connectivity index is 1.73. The smallest absolute Gasteiger partial charge is 0.235 e. The van der Waals surface area contributed by atoms with Gasteiger partial charge in [0, 0.05) is 11.1 Å². The Bertz CT molecular complexity index is 1120. The minimum absolute atomic E-state index is 0.125. The number of methoxy groups -OCH3 is 2. The van der Waals surface area contributed by atoms with Crippen molar-refractivity contribution in [2.24, 2.45) is 0 Å². The molecule has 0 unspecified atom stereocenters. The van der Waals surface area contributed by atoms with Gasteiger partial charge in [-0.1, -0.05) is 56.4 Å². The molecule has 0 fully saturated rings. The Labute approximate surface area is 167 Å². The lowest BCUT2D eigenvalue weighted by atomic mass is 9.87. The first kappa shape index (κ1) is 18.4. The van der Waals surface area contributed by atoms with Gasteiger partial charge in [-0.05, 0) is 29.2 Å². The van der Waals surface area contributed by atoms with Crippen LogP contribution >= 0.6 is 11.3 Å². The largest absolute Gasteiger partial charge is 0.493 e. The van der Waals surface area contributed by atoms with Crippen LogP contribution in [-0.2, 0) is 5.41 Å². The Kier molecular flexibility index (Phi) is 4.55. The summed E-state index contributed by atoms with van der Waals surface area (Å²) in [4.78, 5) is 0.750. The number of rotatable bonds is 4. The molecule has 2 aromatic heterocycles. The van der Waals surface area contributed by atoms with Gasteiger partial charge < -0.3 is 9.47 Å². The summed E-state index contributed by atoms with van der Waals surface area (Å²) in [6.07, 6.45) is 0. The van der Waals surface area contributed by atoms with Crippen molar-refractivity contribution >= 4 is 16.3 Å². The topological polar surface area (TPSA) is 61.5 Å². The highest BCUT2D eigenvalue weighted by molar-refractivity contribution is 7.19. The maximum absolute atomic E-state index is 5.40. The van der Waals surface area contributed by atoms with E-state index >= 15 is 0 Å². The quantitative estimate of drug-likeness (QED) is 0.496. The van der Waals surface area contributed by atoms with Crippen LogP contribution in [0.3, 0.4) is 0 Å². The van der Waals surface area contributed by atoms with E-state index in [4.69, 9.17) is 14.6 Å². The summed E-state index contributed by atoms with van der Waals surface area (Å²) in [6.45, 7) is 6.63. The average molecular weight is 395 g/mol. The summed E-state index contributed by atoms with van der Waals surface area (Å²) in [5, 5.41) is 14.3. The molecule has 2 heterocycles. The SMILES string of the molecule is COc1ccc(-c2nnc3sc(-c4ccc(C(C)(C)C)cc4)nn23)cc1OC. The summed E-state index contributed by atoms with van der Waals surface area (Å²) in [5.41, 5.74) is 3.36. The van der Waals surface area contributed by atoms with Crippen LogP contribution in [0.1, 0.15) is 26.3 Å². The van der Waals surface area contributed by atoms with Crippen LogP contribution in [0.4, 0.5) is 0 Å². The average Bonchev–Trinajstić information content (AvgIpc) is 3.27. The summed E-state index contributed by atoms with van der Waals surface area (Å²) in [6, 6.07) is 14.2. The molecule has 0 saturated heterocycles. The number of hydrogen-bond donors (Lipinski definition) is 0. The fourth-order valence-electron chi connectivity index (χ4n) is 3.00. The van der Waals surface area contributed by atoms with Crippen LogP contribution in [0.25, 0.3) is 26.9 Å². The van der Waals surface area contributed by atoms with Crippen molar-refractivity contribution in [1.82, 2.24) is 19.8 Å². The van der Waals surface area contributed by atoms with Crippen LogP contribution in [0, 0.1) is 0 Å². The fourth-order valence-corrected chi connectivity index (χ4v) is 3.85. The third-order valence-corrected chi connectivity index (χ3v) is 5.58. The van der Waals surface area contributed by atoms with Crippen molar-refractivity contribution in [1.29, 1.82) is 0 Å². The Hall–Kier alpha value is -2.93. The first-order valence-electron chi connectivity index (χ1n) is 8.96. The maximum Gasteiger partial charge on any atom is 0.235 e. The normalized spacial score (nSPS) is 11.8. The van der Waals surface area contributed by atoms with E-state index in [1.54, 1.807) is 18.7 Å². The van der Waals surface area contributed by atoms with E-state index in [2.05, 4.69) is 55.2 Å². The lowest BCUT2D eigenvalue weighted by Gasteiger charge is -2.18. The molecule has 7 heteroatoms. The minimum Gasteiger partial charge on any atom is -0.493 e. The van der Waals surface area contributed by atoms with E-state index < -0.39 is 0 Å². The van der Waals surface area contributed by atoms with Crippen molar-refractivity contribution in [2.45, 2.75) is 26.2 Å². The first-order valence-corrected chi connectivity index (χ1v) is 9.78. The molecule has 0 aliphatic rings. The third-order valence-electron chi connectivity index (χ3n) is 4.63. The molecule has 4 aromatic rings. The molecule has 0 bridgehead atoms. The maximum atomic E-state index is 5.40. The first-order chi connectivity index (χ1) is 13.4. The van der Waals surface area contributed by atoms with Gasteiger partial charge in [-0.2, -0.15) is 9.61 Å². The summed E-state index contributed by atoms with van der Waals surface area (Å²) in [7, 11) is 3.23. The van der Waals surface area contributed by atoms with Crippen LogP contribution in [0.15, 0.2) is 42.5 Å². The van der Waals surface area contributed by atoms with Crippen molar-refractivity contribution in [3.63, 3.8) is 0 Å². The van der Waals surface area contributed by atoms with Crippen molar-refractivity contribution in [3.05, 3.63) is 48.0 Å². The predicted octanol–water partition coefficient (Wildman–Crippen LogP) is 4.83. The number of fused-ring (bicyclic) bond motifs is 1. The second-order valence-electron chi connectivity index (χ2n) is 7.52. The molecular formula is C21H22N4O2S. The molecule has 0 saturated carbocycles. The molecule has 0 aliphatic heterocycles. The van der Waals surface area contributed by atoms with E-state index in [1.165, 1.54) is 16.9 Å². The van der Waals surface area contributed by atoms with Crippen LogP contribution in [0.5, 0.6) is 11.5 Å². The molecule has 144 valence electrons. The van der Waals surface area contributed by atoms with E-state index in [-0.39, 0.29) is 5.41 Å². The number of benzene rings is 2. The zero-order valence-corrected chi connectivity index (χ0v) is 17.4. The van der Waals surface area contributed by atoms with Gasteiger partial charge >= 0.3 is 0 Å². The van der Waals surface area contributed by atoms with E-state index in [1.807, 2.05) is 18.2 Å². The molecular weight excluding hydrogens is 372 g/mol. The van der Waals surface area contributed by atoms with Crippen molar-refractivity contribution in [3.8, 4) is 33.5 Å². The molecule has 2 aromatic carbocycles. The van der Waals surface area contributed by atoms with Gasteiger partial charge in [0.25, 0.3) is 0 Å². The minimum atomic E-state index is 0.125. The summed E-state index contributed by atoms with van der Waals surface area (Å²) in [5.74, 6) is 1.99. The molecule has 0 aliphatic carbocycles. The van der Waals surface area contributed by atoms with Gasteiger partial charge in [0.2, 0.25) is 4.96 Å². The number of nitrogens with zero attached hydrogens (tertiary/aromatic N) is 4. The van der Waals surface area contributed by atoms with Gasteiger partial charge in [0.05, 0.1) is 14.2 Å². The third kappa shape index (κ3) is 3.22. The Morgan fingerprint density at radius 1 is 0.857 bits per heavy atom. The predicted molar refractivity (Wildman–Crippen MR) is 111 cm³/mol. The Morgan fingerprint density at radius 3 is 2.18 bits per heavy atom. The lowest BCUT2D eigenvalue weighted by molar-refractivity contribution is 0.355. The van der Waals surface area contributed by atoms with E-state index in [9.17, 15) is 0 Å². The van der Waals surface area contributed by atoms with E-state index in [0.29, 0.717) is 17.3 Å². The highest BCUT2D eigenvalue weighted by atomic mass is 32.1. The molecule has 0 atom stereocenters. The monoisotopic (exact) mass is 394 g/mol. The highest BCUT2D eigenvalue weighted by Crippen LogP contribution is 2.34. The second kappa shape index (κ2) is 6.91. The van der Waals surface area contributed by atoms with Crippen molar-refractivity contribution < 1.29 is 9.47 Å². The van der Waals surface area contributed by atoms with Gasteiger partial charge in [-0.3, -0.25) is 0 Å². The zero-order chi connectivity index (χ0) is 19.9. The van der Waals surface area contributed by atoms with Crippen molar-refractivity contribution in [2.75, 3.05) is 14.2 Å². The van der Waals surface area contributed by atoms with Crippen LogP contribution < -0.4 is 9.47 Å². The van der Waals surface area contributed by atoms with Crippen LogP contribution in [-0.4, -0.2) is 34.0 Å². The summed E-state index contributed by atoms with van der Waals surface area (Å²) >= 11 is 1.52. The molecule has 0 amide bonds. The zero-order valence-electron chi connectivity index (χ0n) is 16.6.